The lowest BCUT2D eigenvalue weighted by atomic mass is 9.85. The van der Waals surface area contributed by atoms with Crippen LogP contribution in [-0.2, 0) is 20.6 Å². The van der Waals surface area contributed by atoms with Crippen LogP contribution in [0.5, 0.6) is 0 Å². The zero-order chi connectivity index (χ0) is 23.4. The summed E-state index contributed by atoms with van der Waals surface area (Å²) in [5, 5.41) is 16.0. The number of carbonyl (C=O) groups is 2. The standard InChI is InChI=1S/C27H24N4O3/c1-26(2)11-12-30-20(13-16-15-7-3-5-9-18(15)28-22(16)26)24(33)31-21(23(30)32)14-27(34)17-8-4-6-10-19(17)29-25(27)31/h3-13,21,25,28-29,34H,14H2,1-2H3. The maximum Gasteiger partial charge on any atom is 0.273 e. The number of nitrogens with zero attached hydrogens (tertiary/aromatic N) is 2. The van der Waals surface area contributed by atoms with E-state index in [1.165, 1.54) is 4.90 Å². The Bertz CT molecular complexity index is 1480. The van der Waals surface area contributed by atoms with Crippen LogP contribution in [0, 0.1) is 0 Å². The summed E-state index contributed by atoms with van der Waals surface area (Å²) in [6.45, 7) is 4.17. The Morgan fingerprint density at radius 1 is 1.06 bits per heavy atom. The van der Waals surface area contributed by atoms with Gasteiger partial charge in [-0.1, -0.05) is 56.3 Å². The van der Waals surface area contributed by atoms with Crippen LogP contribution < -0.4 is 5.32 Å². The van der Waals surface area contributed by atoms with E-state index < -0.39 is 17.8 Å². The lowest BCUT2D eigenvalue weighted by molar-refractivity contribution is -0.148. The Labute approximate surface area is 196 Å². The van der Waals surface area contributed by atoms with E-state index in [1.807, 2.05) is 60.7 Å². The van der Waals surface area contributed by atoms with Crippen LogP contribution >= 0.6 is 0 Å². The highest BCUT2D eigenvalue weighted by atomic mass is 16.3. The van der Waals surface area contributed by atoms with Gasteiger partial charge in [-0.2, -0.15) is 0 Å². The predicted octanol–water partition coefficient (Wildman–Crippen LogP) is 3.40. The molecule has 170 valence electrons. The third kappa shape index (κ3) is 2.29. The first-order valence-electron chi connectivity index (χ1n) is 11.6. The third-order valence-electron chi connectivity index (χ3n) is 7.80. The first-order valence-corrected chi connectivity index (χ1v) is 11.6. The second-order valence-corrected chi connectivity index (χ2v) is 10.2. The molecule has 3 unspecified atom stereocenters. The van der Waals surface area contributed by atoms with Crippen molar-refractivity contribution in [1.29, 1.82) is 0 Å². The maximum atomic E-state index is 14.0. The van der Waals surface area contributed by atoms with Gasteiger partial charge in [0.2, 0.25) is 0 Å². The molecule has 3 atom stereocenters. The fraction of sp³-hybridized carbons (Fsp3) is 0.259. The molecule has 0 spiro atoms. The van der Waals surface area contributed by atoms with Crippen molar-refractivity contribution >= 4 is 34.5 Å². The quantitative estimate of drug-likeness (QED) is 0.488. The van der Waals surface area contributed by atoms with Crippen LogP contribution in [0.2, 0.25) is 0 Å². The number of benzene rings is 2. The highest BCUT2D eigenvalue weighted by molar-refractivity contribution is 6.10. The van der Waals surface area contributed by atoms with Crippen LogP contribution in [0.4, 0.5) is 5.69 Å². The predicted molar refractivity (Wildman–Crippen MR) is 128 cm³/mol. The summed E-state index contributed by atoms with van der Waals surface area (Å²) in [6.07, 6.45) is 4.98. The molecule has 2 saturated heterocycles. The number of hydrogen-bond acceptors (Lipinski definition) is 4. The second-order valence-electron chi connectivity index (χ2n) is 10.2. The molecule has 7 nitrogen and oxygen atoms in total. The van der Waals surface area contributed by atoms with Crippen molar-refractivity contribution in [3.05, 3.63) is 83.3 Å². The topological polar surface area (TPSA) is 88.7 Å². The van der Waals surface area contributed by atoms with Gasteiger partial charge in [-0.05, 0) is 18.2 Å². The molecule has 2 fully saturated rings. The molecule has 3 aromatic rings. The summed E-state index contributed by atoms with van der Waals surface area (Å²) in [5.74, 6) is -0.477. The second kappa shape index (κ2) is 6.18. The minimum Gasteiger partial charge on any atom is -0.381 e. The van der Waals surface area contributed by atoms with E-state index in [0.29, 0.717) is 5.70 Å². The van der Waals surface area contributed by atoms with Crippen molar-refractivity contribution in [3.63, 3.8) is 0 Å². The van der Waals surface area contributed by atoms with Gasteiger partial charge in [-0.3, -0.25) is 14.5 Å². The van der Waals surface area contributed by atoms with Crippen LogP contribution in [-0.4, -0.2) is 43.9 Å². The van der Waals surface area contributed by atoms with E-state index >= 15 is 0 Å². The number of H-pyrrole nitrogens is 1. The minimum atomic E-state index is -1.32. The molecule has 2 aromatic carbocycles. The van der Waals surface area contributed by atoms with Crippen LogP contribution in [0.1, 0.15) is 37.1 Å². The van der Waals surface area contributed by atoms with Crippen molar-refractivity contribution in [2.45, 2.75) is 43.5 Å². The number of anilines is 1. The molecule has 0 radical (unpaired) electrons. The van der Waals surface area contributed by atoms with Crippen LogP contribution in [0.3, 0.4) is 0 Å². The van der Waals surface area contributed by atoms with Crippen molar-refractivity contribution in [1.82, 2.24) is 14.8 Å². The monoisotopic (exact) mass is 452 g/mol. The number of aromatic nitrogens is 1. The Morgan fingerprint density at radius 2 is 1.82 bits per heavy atom. The van der Waals surface area contributed by atoms with E-state index in [0.717, 1.165) is 33.4 Å². The summed E-state index contributed by atoms with van der Waals surface area (Å²) < 4.78 is 0. The van der Waals surface area contributed by atoms with Gasteiger partial charge in [0, 0.05) is 51.4 Å². The number of allylic oxidation sites excluding steroid dienone is 1. The molecule has 7 heteroatoms. The third-order valence-corrected chi connectivity index (χ3v) is 7.80. The van der Waals surface area contributed by atoms with Gasteiger partial charge in [0.05, 0.1) is 0 Å². The SMILES string of the molecule is CC1(C)C=CN2C(=O)C3CC4(O)c5ccccc5NC4N3C(=O)C2=Cc2c1[nH]c1ccccc21. The molecule has 2 amide bonds. The lowest BCUT2D eigenvalue weighted by Gasteiger charge is -2.40. The first-order chi connectivity index (χ1) is 16.3. The lowest BCUT2D eigenvalue weighted by Crippen LogP contribution is -2.58. The molecule has 0 bridgehead atoms. The van der Waals surface area contributed by atoms with Crippen molar-refractivity contribution in [3.8, 4) is 0 Å². The molecule has 7 rings (SSSR count). The molecule has 0 aliphatic carbocycles. The number of aromatic amines is 1. The summed E-state index contributed by atoms with van der Waals surface area (Å²) in [5.41, 5.74) is 2.99. The number of piperazine rings is 1. The smallest absolute Gasteiger partial charge is 0.273 e. The average molecular weight is 453 g/mol. The average Bonchev–Trinajstić information content (AvgIpc) is 3.42. The summed E-state index contributed by atoms with van der Waals surface area (Å²) in [6, 6.07) is 14.7. The molecular formula is C27H24N4O3. The maximum absolute atomic E-state index is 14.0. The van der Waals surface area contributed by atoms with E-state index in [4.69, 9.17) is 0 Å². The van der Waals surface area contributed by atoms with Gasteiger partial charge in [0.1, 0.15) is 23.5 Å². The molecule has 4 aliphatic rings. The summed E-state index contributed by atoms with van der Waals surface area (Å²) in [7, 11) is 0. The number of amides is 2. The summed E-state index contributed by atoms with van der Waals surface area (Å²) in [4.78, 5) is 34.3. The van der Waals surface area contributed by atoms with Crippen LogP contribution in [0.15, 0.2) is 66.5 Å². The Hall–Kier alpha value is -3.84. The van der Waals surface area contributed by atoms with Crippen LogP contribution in [0.25, 0.3) is 17.0 Å². The molecule has 4 aliphatic heterocycles. The zero-order valence-electron chi connectivity index (χ0n) is 18.9. The molecule has 34 heavy (non-hydrogen) atoms. The number of nitrogens with one attached hydrogen (secondary N) is 2. The molecular weight excluding hydrogens is 428 g/mol. The largest absolute Gasteiger partial charge is 0.381 e. The Balaban J connectivity index is 1.42. The number of aliphatic hydroxyl groups is 1. The van der Waals surface area contributed by atoms with Gasteiger partial charge >= 0.3 is 0 Å². The zero-order valence-corrected chi connectivity index (χ0v) is 18.9. The normalized spacial score (nSPS) is 28.4. The van der Waals surface area contributed by atoms with Crippen molar-refractivity contribution < 1.29 is 14.7 Å². The summed E-state index contributed by atoms with van der Waals surface area (Å²) >= 11 is 0. The number of carbonyl (C=O) groups excluding carboxylic acids is 2. The molecule has 1 aromatic heterocycles. The van der Waals surface area contributed by atoms with Gasteiger partial charge in [0.15, 0.2) is 0 Å². The number of rotatable bonds is 0. The fourth-order valence-electron chi connectivity index (χ4n) is 6.06. The van der Waals surface area contributed by atoms with E-state index in [2.05, 4.69) is 24.1 Å². The van der Waals surface area contributed by atoms with Gasteiger partial charge in [0.25, 0.3) is 11.8 Å². The molecule has 5 heterocycles. The Morgan fingerprint density at radius 3 is 2.68 bits per heavy atom. The molecule has 3 N–H and O–H groups in total. The van der Waals surface area contributed by atoms with Crippen molar-refractivity contribution in [2.24, 2.45) is 0 Å². The Kier molecular flexibility index (Phi) is 3.57. The van der Waals surface area contributed by atoms with Crippen molar-refractivity contribution in [2.75, 3.05) is 5.32 Å². The van der Waals surface area contributed by atoms with E-state index in [1.54, 1.807) is 11.1 Å². The van der Waals surface area contributed by atoms with E-state index in [9.17, 15) is 14.7 Å². The fourth-order valence-corrected chi connectivity index (χ4v) is 6.06. The minimum absolute atomic E-state index is 0.158. The van der Waals surface area contributed by atoms with Gasteiger partial charge in [-0.25, -0.2) is 0 Å². The highest BCUT2D eigenvalue weighted by Gasteiger charge is 2.63. The van der Waals surface area contributed by atoms with Gasteiger partial charge < -0.3 is 20.3 Å². The number of fused-ring (bicyclic) bond motifs is 9. The number of para-hydroxylation sites is 2. The van der Waals surface area contributed by atoms with Gasteiger partial charge in [-0.15, -0.1) is 0 Å². The highest BCUT2D eigenvalue weighted by Crippen LogP contribution is 2.51. The molecule has 0 saturated carbocycles. The first kappa shape index (κ1) is 19.6. The number of hydrogen-bond donors (Lipinski definition) is 3. The van der Waals surface area contributed by atoms with E-state index in [-0.39, 0.29) is 23.7 Å².